The quantitative estimate of drug-likeness (QED) is 0.666. The highest BCUT2D eigenvalue weighted by Crippen LogP contribution is 2.15. The third-order valence-electron chi connectivity index (χ3n) is 4.39. The number of likely N-dealkylation sites (N-methyl/N-ethyl adjacent to an activating group) is 1. The number of hydrogen-bond donors (Lipinski definition) is 1. The fraction of sp³-hybridized carbons (Fsp3) is 0.333. The molecule has 2 aromatic carbocycles. The summed E-state index contributed by atoms with van der Waals surface area (Å²) in [6, 6.07) is 13.7. The van der Waals surface area contributed by atoms with Crippen LogP contribution in [0.5, 0.6) is 0 Å². The normalized spacial score (nSPS) is 12.4. The molecule has 0 saturated carbocycles. The number of nitrogens with zero attached hydrogens (tertiary/aromatic N) is 1. The standard InChI is InChI=1S/C21H26N2O5S/c1-5-17-8-10-18(11-9-17)22-21(25)16(3)28-20(24)14-23(4)29(26,27)19-12-6-15(2)7-13-19/h6-13,16H,5,14H2,1-4H3,(H,22,25)/t16-/m1/s1. The molecule has 1 N–H and O–H groups in total. The predicted molar refractivity (Wildman–Crippen MR) is 111 cm³/mol. The van der Waals surface area contributed by atoms with Gasteiger partial charge in [0.25, 0.3) is 5.91 Å². The van der Waals surface area contributed by atoms with Gasteiger partial charge in [-0.2, -0.15) is 4.31 Å². The average molecular weight is 419 g/mol. The number of hydrogen-bond acceptors (Lipinski definition) is 5. The van der Waals surface area contributed by atoms with Crippen molar-refractivity contribution in [2.45, 2.75) is 38.2 Å². The van der Waals surface area contributed by atoms with E-state index in [0.29, 0.717) is 5.69 Å². The van der Waals surface area contributed by atoms with E-state index in [9.17, 15) is 18.0 Å². The molecule has 1 atom stereocenters. The molecule has 0 saturated heterocycles. The Morgan fingerprint density at radius 3 is 2.21 bits per heavy atom. The van der Waals surface area contributed by atoms with Gasteiger partial charge in [0.1, 0.15) is 6.54 Å². The molecule has 156 valence electrons. The molecule has 0 heterocycles. The predicted octanol–water partition coefficient (Wildman–Crippen LogP) is 2.75. The van der Waals surface area contributed by atoms with Gasteiger partial charge < -0.3 is 10.1 Å². The highest BCUT2D eigenvalue weighted by Gasteiger charge is 2.25. The number of amides is 1. The molecule has 0 unspecified atom stereocenters. The van der Waals surface area contributed by atoms with Crippen molar-refractivity contribution in [1.29, 1.82) is 0 Å². The van der Waals surface area contributed by atoms with Crippen LogP contribution in [0.15, 0.2) is 53.4 Å². The van der Waals surface area contributed by atoms with Gasteiger partial charge in [-0.05, 0) is 50.1 Å². The van der Waals surface area contributed by atoms with E-state index in [1.807, 2.05) is 26.0 Å². The van der Waals surface area contributed by atoms with Crippen molar-refractivity contribution in [3.63, 3.8) is 0 Å². The molecule has 2 aromatic rings. The largest absolute Gasteiger partial charge is 0.452 e. The smallest absolute Gasteiger partial charge is 0.322 e. The molecule has 1 amide bonds. The van der Waals surface area contributed by atoms with Crippen LogP contribution in [0.3, 0.4) is 0 Å². The topological polar surface area (TPSA) is 92.8 Å². The number of anilines is 1. The van der Waals surface area contributed by atoms with Gasteiger partial charge in [-0.15, -0.1) is 0 Å². The summed E-state index contributed by atoms with van der Waals surface area (Å²) < 4.78 is 31.1. The first-order valence-electron chi connectivity index (χ1n) is 9.25. The summed E-state index contributed by atoms with van der Waals surface area (Å²) in [6.45, 7) is 4.81. The molecule has 0 spiro atoms. The van der Waals surface area contributed by atoms with Crippen molar-refractivity contribution in [1.82, 2.24) is 4.31 Å². The lowest BCUT2D eigenvalue weighted by atomic mass is 10.1. The molecule has 0 aromatic heterocycles. The van der Waals surface area contributed by atoms with E-state index in [-0.39, 0.29) is 4.90 Å². The lowest BCUT2D eigenvalue weighted by Gasteiger charge is -2.18. The van der Waals surface area contributed by atoms with Crippen LogP contribution in [-0.2, 0) is 30.8 Å². The Morgan fingerprint density at radius 2 is 1.66 bits per heavy atom. The Labute approximate surface area is 171 Å². The fourth-order valence-electron chi connectivity index (χ4n) is 2.51. The monoisotopic (exact) mass is 418 g/mol. The Balaban J connectivity index is 1.92. The summed E-state index contributed by atoms with van der Waals surface area (Å²) in [5, 5.41) is 2.67. The first kappa shape index (κ1) is 22.6. The molecule has 0 radical (unpaired) electrons. The SMILES string of the molecule is CCc1ccc(NC(=O)[C@@H](C)OC(=O)CN(C)S(=O)(=O)c2ccc(C)cc2)cc1. The second kappa shape index (κ2) is 9.67. The van der Waals surface area contributed by atoms with Gasteiger partial charge in [-0.3, -0.25) is 9.59 Å². The van der Waals surface area contributed by atoms with E-state index in [4.69, 9.17) is 4.74 Å². The van der Waals surface area contributed by atoms with Crippen LogP contribution in [-0.4, -0.2) is 44.3 Å². The molecule has 0 bridgehead atoms. The van der Waals surface area contributed by atoms with Crippen LogP contribution in [0, 0.1) is 6.92 Å². The van der Waals surface area contributed by atoms with Crippen LogP contribution in [0.2, 0.25) is 0 Å². The zero-order valence-corrected chi connectivity index (χ0v) is 17.8. The second-order valence-electron chi connectivity index (χ2n) is 6.75. The molecule has 0 aliphatic rings. The van der Waals surface area contributed by atoms with Crippen molar-refractivity contribution in [3.8, 4) is 0 Å². The number of carbonyl (C=O) groups is 2. The lowest BCUT2D eigenvalue weighted by molar-refractivity contribution is -0.153. The van der Waals surface area contributed by atoms with E-state index in [2.05, 4.69) is 5.32 Å². The maximum atomic E-state index is 12.5. The van der Waals surface area contributed by atoms with E-state index in [0.717, 1.165) is 21.9 Å². The van der Waals surface area contributed by atoms with Gasteiger partial charge >= 0.3 is 5.97 Å². The Kier molecular flexibility index (Phi) is 7.53. The third-order valence-corrected chi connectivity index (χ3v) is 6.21. The number of carbonyl (C=O) groups excluding carboxylic acids is 2. The number of sulfonamides is 1. The maximum absolute atomic E-state index is 12.5. The number of esters is 1. The van der Waals surface area contributed by atoms with Gasteiger partial charge in [-0.1, -0.05) is 36.8 Å². The third kappa shape index (κ3) is 6.13. The van der Waals surface area contributed by atoms with Crippen molar-refractivity contribution in [3.05, 3.63) is 59.7 Å². The zero-order chi connectivity index (χ0) is 21.6. The first-order valence-corrected chi connectivity index (χ1v) is 10.7. The summed E-state index contributed by atoms with van der Waals surface area (Å²) in [7, 11) is -2.54. The summed E-state index contributed by atoms with van der Waals surface area (Å²) >= 11 is 0. The second-order valence-corrected chi connectivity index (χ2v) is 8.79. The van der Waals surface area contributed by atoms with E-state index in [1.165, 1.54) is 26.1 Å². The highest BCUT2D eigenvalue weighted by molar-refractivity contribution is 7.89. The molecule has 0 aliphatic heterocycles. The van der Waals surface area contributed by atoms with E-state index >= 15 is 0 Å². The van der Waals surface area contributed by atoms with Gasteiger partial charge in [0.2, 0.25) is 10.0 Å². The Bertz CT molecular complexity index is 954. The van der Waals surface area contributed by atoms with Crippen molar-refractivity contribution < 1.29 is 22.7 Å². The van der Waals surface area contributed by atoms with Gasteiger partial charge in [0, 0.05) is 12.7 Å². The molecule has 0 fully saturated rings. The van der Waals surface area contributed by atoms with Crippen LogP contribution in [0.25, 0.3) is 0 Å². The molecular weight excluding hydrogens is 392 g/mol. The molecular formula is C21H26N2O5S. The highest BCUT2D eigenvalue weighted by atomic mass is 32.2. The first-order chi connectivity index (χ1) is 13.6. The lowest BCUT2D eigenvalue weighted by Crippen LogP contribution is -2.37. The van der Waals surface area contributed by atoms with Gasteiger partial charge in [0.15, 0.2) is 6.10 Å². The van der Waals surface area contributed by atoms with Crippen LogP contribution < -0.4 is 5.32 Å². The molecule has 2 rings (SSSR count). The maximum Gasteiger partial charge on any atom is 0.322 e. The minimum atomic E-state index is -3.83. The van der Waals surface area contributed by atoms with Crippen molar-refractivity contribution in [2.75, 3.05) is 18.9 Å². The Morgan fingerprint density at radius 1 is 1.07 bits per heavy atom. The minimum absolute atomic E-state index is 0.0831. The van der Waals surface area contributed by atoms with Crippen molar-refractivity contribution >= 4 is 27.6 Å². The number of nitrogens with one attached hydrogen (secondary N) is 1. The number of ether oxygens (including phenoxy) is 1. The molecule has 7 nitrogen and oxygen atoms in total. The van der Waals surface area contributed by atoms with E-state index in [1.54, 1.807) is 24.3 Å². The summed E-state index contributed by atoms with van der Waals surface area (Å²) in [6.07, 6.45) is -0.176. The summed E-state index contributed by atoms with van der Waals surface area (Å²) in [5.74, 6) is -1.31. The average Bonchev–Trinajstić information content (AvgIpc) is 2.68. The fourth-order valence-corrected chi connectivity index (χ4v) is 3.63. The molecule has 0 aliphatic carbocycles. The minimum Gasteiger partial charge on any atom is -0.452 e. The Hall–Kier alpha value is -2.71. The molecule has 8 heteroatoms. The van der Waals surface area contributed by atoms with E-state index < -0.39 is 34.5 Å². The number of rotatable bonds is 8. The summed E-state index contributed by atoms with van der Waals surface area (Å²) in [5.41, 5.74) is 2.66. The van der Waals surface area contributed by atoms with Crippen LogP contribution in [0.1, 0.15) is 25.0 Å². The van der Waals surface area contributed by atoms with Crippen LogP contribution >= 0.6 is 0 Å². The summed E-state index contributed by atoms with van der Waals surface area (Å²) in [4.78, 5) is 24.4. The van der Waals surface area contributed by atoms with Gasteiger partial charge in [0.05, 0.1) is 4.90 Å². The van der Waals surface area contributed by atoms with Crippen LogP contribution in [0.4, 0.5) is 5.69 Å². The zero-order valence-electron chi connectivity index (χ0n) is 17.0. The number of benzene rings is 2. The molecule has 29 heavy (non-hydrogen) atoms. The van der Waals surface area contributed by atoms with Gasteiger partial charge in [-0.25, -0.2) is 8.42 Å². The number of aryl methyl sites for hydroxylation is 2. The van der Waals surface area contributed by atoms with Crippen molar-refractivity contribution in [2.24, 2.45) is 0 Å².